The van der Waals surface area contributed by atoms with E-state index in [0.29, 0.717) is 38.4 Å². The zero-order valence-corrected chi connectivity index (χ0v) is 12.8. The lowest BCUT2D eigenvalue weighted by atomic mass is 10.2. The molecular weight excluding hydrogens is 301 g/mol. The predicted octanol–water partition coefficient (Wildman–Crippen LogP) is 1.02. The summed E-state index contributed by atoms with van der Waals surface area (Å²) in [4.78, 5) is 26.7. The van der Waals surface area contributed by atoms with Gasteiger partial charge in [0.25, 0.3) is 0 Å². The predicted molar refractivity (Wildman–Crippen MR) is 84.7 cm³/mol. The summed E-state index contributed by atoms with van der Waals surface area (Å²) >= 11 is 0. The second kappa shape index (κ2) is 7.85. The topological polar surface area (TPSA) is 72.9 Å². The molecule has 7 heteroatoms. The monoisotopic (exact) mass is 321 g/mol. The molecule has 0 bridgehead atoms. The van der Waals surface area contributed by atoms with Gasteiger partial charge in [0.05, 0.1) is 6.54 Å². The molecule has 1 saturated heterocycles. The van der Waals surface area contributed by atoms with E-state index in [4.69, 9.17) is 5.11 Å². The zero-order chi connectivity index (χ0) is 16.8. The second-order valence-electron chi connectivity index (χ2n) is 5.52. The molecule has 124 valence electrons. The van der Waals surface area contributed by atoms with Crippen LogP contribution in [0.15, 0.2) is 36.4 Å². The van der Waals surface area contributed by atoms with Crippen LogP contribution >= 0.6 is 0 Å². The number of hydrogen-bond donors (Lipinski definition) is 2. The molecular formula is C16H20FN3O3. The minimum absolute atomic E-state index is 0.153. The lowest BCUT2D eigenvalue weighted by molar-refractivity contribution is -0.132. The first-order valence-electron chi connectivity index (χ1n) is 7.35. The Balaban J connectivity index is 1.73. The van der Waals surface area contributed by atoms with Gasteiger partial charge in [-0.3, -0.25) is 14.6 Å². The molecule has 1 aliphatic heterocycles. The Hall–Kier alpha value is -2.25. The highest BCUT2D eigenvalue weighted by Crippen LogP contribution is 2.09. The van der Waals surface area contributed by atoms with Crippen molar-refractivity contribution in [1.29, 1.82) is 0 Å². The zero-order valence-electron chi connectivity index (χ0n) is 12.8. The van der Waals surface area contributed by atoms with Crippen molar-refractivity contribution in [1.82, 2.24) is 9.80 Å². The van der Waals surface area contributed by atoms with Crippen molar-refractivity contribution >= 4 is 17.6 Å². The van der Waals surface area contributed by atoms with Crippen LogP contribution in [0.5, 0.6) is 0 Å². The number of carbonyl (C=O) groups is 2. The molecule has 1 aromatic carbocycles. The van der Waals surface area contributed by atoms with Gasteiger partial charge >= 0.3 is 5.97 Å². The van der Waals surface area contributed by atoms with E-state index in [0.717, 1.165) is 0 Å². The van der Waals surface area contributed by atoms with Gasteiger partial charge in [-0.1, -0.05) is 6.58 Å². The van der Waals surface area contributed by atoms with E-state index in [1.54, 1.807) is 0 Å². The van der Waals surface area contributed by atoms with E-state index >= 15 is 0 Å². The first-order chi connectivity index (χ1) is 10.9. The highest BCUT2D eigenvalue weighted by atomic mass is 19.1. The number of amides is 1. The van der Waals surface area contributed by atoms with E-state index in [-0.39, 0.29) is 23.8 Å². The molecule has 1 aliphatic rings. The fraction of sp³-hybridized carbons (Fsp3) is 0.375. The fourth-order valence-corrected chi connectivity index (χ4v) is 2.38. The highest BCUT2D eigenvalue weighted by molar-refractivity contribution is 5.92. The summed E-state index contributed by atoms with van der Waals surface area (Å²) in [5, 5.41) is 11.5. The average Bonchev–Trinajstić information content (AvgIpc) is 2.51. The molecule has 0 radical (unpaired) electrons. The quantitative estimate of drug-likeness (QED) is 0.766. The molecule has 0 spiro atoms. The number of anilines is 1. The summed E-state index contributed by atoms with van der Waals surface area (Å²) in [6, 6.07) is 5.62. The van der Waals surface area contributed by atoms with Gasteiger partial charge in [0.1, 0.15) is 5.82 Å². The number of hydrogen-bond acceptors (Lipinski definition) is 4. The number of carboxylic acids is 1. The highest BCUT2D eigenvalue weighted by Gasteiger charge is 2.20. The van der Waals surface area contributed by atoms with Crippen molar-refractivity contribution in [3.63, 3.8) is 0 Å². The Morgan fingerprint density at radius 3 is 2.13 bits per heavy atom. The van der Waals surface area contributed by atoms with Crippen LogP contribution in [0, 0.1) is 5.82 Å². The Bertz CT molecular complexity index is 581. The molecule has 1 fully saturated rings. The average molecular weight is 321 g/mol. The molecule has 0 aliphatic carbocycles. The number of halogens is 1. The van der Waals surface area contributed by atoms with Crippen LogP contribution < -0.4 is 5.32 Å². The lowest BCUT2D eigenvalue weighted by Gasteiger charge is -2.34. The van der Waals surface area contributed by atoms with Crippen LogP contribution in [-0.4, -0.2) is 66.1 Å². The molecule has 2 rings (SSSR count). The largest absolute Gasteiger partial charge is 0.478 e. The van der Waals surface area contributed by atoms with E-state index in [1.807, 2.05) is 9.80 Å². The number of nitrogens with one attached hydrogen (secondary N) is 1. The van der Waals surface area contributed by atoms with Crippen LogP contribution in [0.2, 0.25) is 0 Å². The number of carboxylic acid groups (broad SMARTS) is 1. The third-order valence-electron chi connectivity index (χ3n) is 3.68. The molecule has 1 heterocycles. The molecule has 23 heavy (non-hydrogen) atoms. The number of rotatable bonds is 6. The molecule has 6 nitrogen and oxygen atoms in total. The summed E-state index contributed by atoms with van der Waals surface area (Å²) in [6.45, 7) is 6.87. The summed E-state index contributed by atoms with van der Waals surface area (Å²) < 4.78 is 12.8. The van der Waals surface area contributed by atoms with Gasteiger partial charge in [0, 0.05) is 44.0 Å². The van der Waals surface area contributed by atoms with Crippen LogP contribution in [0.1, 0.15) is 0 Å². The Morgan fingerprint density at radius 1 is 1.09 bits per heavy atom. The molecule has 0 saturated carbocycles. The Kier molecular flexibility index (Phi) is 5.84. The molecule has 1 amide bonds. The Morgan fingerprint density at radius 2 is 1.61 bits per heavy atom. The van der Waals surface area contributed by atoms with Gasteiger partial charge in [0.15, 0.2) is 0 Å². The van der Waals surface area contributed by atoms with Crippen LogP contribution in [0.4, 0.5) is 10.1 Å². The lowest BCUT2D eigenvalue weighted by Crippen LogP contribution is -2.49. The number of aliphatic carboxylic acids is 1. The summed E-state index contributed by atoms with van der Waals surface area (Å²) in [5.41, 5.74) is 0.736. The summed E-state index contributed by atoms with van der Waals surface area (Å²) in [6.07, 6.45) is 0. The number of carbonyl (C=O) groups excluding carboxylic acids is 1. The maximum Gasteiger partial charge on any atom is 0.332 e. The van der Waals surface area contributed by atoms with E-state index in [2.05, 4.69) is 11.9 Å². The summed E-state index contributed by atoms with van der Waals surface area (Å²) in [7, 11) is 0. The van der Waals surface area contributed by atoms with Gasteiger partial charge in [-0.25, -0.2) is 9.18 Å². The van der Waals surface area contributed by atoms with E-state index < -0.39 is 5.97 Å². The first-order valence-corrected chi connectivity index (χ1v) is 7.35. The van der Waals surface area contributed by atoms with Gasteiger partial charge in [-0.05, 0) is 24.3 Å². The minimum Gasteiger partial charge on any atom is -0.478 e. The number of piperazine rings is 1. The second-order valence-corrected chi connectivity index (χ2v) is 5.52. The maximum atomic E-state index is 12.8. The fourth-order valence-electron chi connectivity index (χ4n) is 2.38. The summed E-state index contributed by atoms with van der Waals surface area (Å²) in [5.74, 6) is -1.48. The van der Waals surface area contributed by atoms with Crippen LogP contribution in [0.25, 0.3) is 0 Å². The standard InChI is InChI=1S/C16H20FN3O3/c1-12(16(22)23)10-19-6-8-20(9-7-19)11-15(21)18-14-4-2-13(17)3-5-14/h2-5H,1,6-11H2,(H,18,21)(H,22,23). The van der Waals surface area contributed by atoms with Crippen LogP contribution in [0.3, 0.4) is 0 Å². The number of benzene rings is 1. The molecule has 0 aromatic heterocycles. The van der Waals surface area contributed by atoms with Crippen molar-refractivity contribution in [3.05, 3.63) is 42.2 Å². The molecule has 0 atom stereocenters. The van der Waals surface area contributed by atoms with E-state index in [1.165, 1.54) is 24.3 Å². The molecule has 2 N–H and O–H groups in total. The van der Waals surface area contributed by atoms with Crippen molar-refractivity contribution in [2.24, 2.45) is 0 Å². The number of nitrogens with zero attached hydrogens (tertiary/aromatic N) is 2. The third kappa shape index (κ3) is 5.46. The normalized spacial score (nSPS) is 16.0. The van der Waals surface area contributed by atoms with E-state index in [9.17, 15) is 14.0 Å². The van der Waals surface area contributed by atoms with Crippen molar-refractivity contribution < 1.29 is 19.1 Å². The third-order valence-corrected chi connectivity index (χ3v) is 3.68. The van der Waals surface area contributed by atoms with Crippen molar-refractivity contribution in [2.45, 2.75) is 0 Å². The van der Waals surface area contributed by atoms with Gasteiger partial charge in [-0.2, -0.15) is 0 Å². The van der Waals surface area contributed by atoms with Crippen molar-refractivity contribution in [2.75, 3.05) is 44.6 Å². The molecule has 1 aromatic rings. The molecule has 0 unspecified atom stereocenters. The smallest absolute Gasteiger partial charge is 0.332 e. The minimum atomic E-state index is -0.980. The van der Waals surface area contributed by atoms with Crippen LogP contribution in [-0.2, 0) is 9.59 Å². The first kappa shape index (κ1) is 17.1. The van der Waals surface area contributed by atoms with Gasteiger partial charge in [0.2, 0.25) is 5.91 Å². The SMILES string of the molecule is C=C(CN1CCN(CC(=O)Nc2ccc(F)cc2)CC1)C(=O)O. The maximum absolute atomic E-state index is 12.8. The van der Waals surface area contributed by atoms with Gasteiger partial charge in [-0.15, -0.1) is 0 Å². The Labute approximate surface area is 134 Å². The van der Waals surface area contributed by atoms with Crippen molar-refractivity contribution in [3.8, 4) is 0 Å². The van der Waals surface area contributed by atoms with Gasteiger partial charge < -0.3 is 10.4 Å².